The van der Waals surface area contributed by atoms with Crippen LogP contribution in [0.5, 0.6) is 0 Å². The number of aromatic nitrogens is 1. The highest BCUT2D eigenvalue weighted by Crippen LogP contribution is 2.34. The molecule has 0 spiro atoms. The van der Waals surface area contributed by atoms with E-state index < -0.39 is 0 Å². The summed E-state index contributed by atoms with van der Waals surface area (Å²) >= 11 is 0. The quantitative estimate of drug-likeness (QED) is 0.852. The SMILES string of the molecule is CN(C[C@H]1Cc2c(cccc2N2CCCCC2)CN1)[C@H]1CCCc2cccnc21. The van der Waals surface area contributed by atoms with E-state index in [0.29, 0.717) is 12.1 Å². The average molecular weight is 391 g/mol. The van der Waals surface area contributed by atoms with Crippen LogP contribution in [-0.4, -0.2) is 42.6 Å². The van der Waals surface area contributed by atoms with Gasteiger partial charge in [-0.2, -0.15) is 0 Å². The van der Waals surface area contributed by atoms with Crippen LogP contribution in [0.3, 0.4) is 0 Å². The predicted octanol–water partition coefficient (Wildman–Crippen LogP) is 4.10. The first-order chi connectivity index (χ1) is 14.3. The van der Waals surface area contributed by atoms with Crippen molar-refractivity contribution < 1.29 is 0 Å². The van der Waals surface area contributed by atoms with Gasteiger partial charge in [-0.15, -0.1) is 0 Å². The summed E-state index contributed by atoms with van der Waals surface area (Å²) in [5.41, 5.74) is 7.35. The minimum Gasteiger partial charge on any atom is -0.371 e. The number of fused-ring (bicyclic) bond motifs is 2. The van der Waals surface area contributed by atoms with Gasteiger partial charge in [0, 0.05) is 44.1 Å². The molecule has 1 aliphatic carbocycles. The van der Waals surface area contributed by atoms with E-state index in [9.17, 15) is 0 Å². The molecular formula is C25H34N4. The molecule has 2 aromatic rings. The summed E-state index contributed by atoms with van der Waals surface area (Å²) in [5, 5.41) is 3.82. The van der Waals surface area contributed by atoms with Crippen molar-refractivity contribution in [2.45, 2.75) is 63.6 Å². The molecule has 154 valence electrons. The van der Waals surface area contributed by atoms with Crippen LogP contribution < -0.4 is 10.2 Å². The maximum Gasteiger partial charge on any atom is 0.0607 e. The molecule has 1 aromatic heterocycles. The van der Waals surface area contributed by atoms with E-state index >= 15 is 0 Å². The topological polar surface area (TPSA) is 31.4 Å². The molecule has 0 amide bonds. The molecule has 2 atom stereocenters. The van der Waals surface area contributed by atoms with Crippen molar-refractivity contribution in [3.63, 3.8) is 0 Å². The summed E-state index contributed by atoms with van der Waals surface area (Å²) in [7, 11) is 2.29. The second kappa shape index (κ2) is 8.45. The number of hydrogen-bond acceptors (Lipinski definition) is 4. The molecule has 0 unspecified atom stereocenters. The first-order valence-corrected chi connectivity index (χ1v) is 11.5. The molecule has 0 radical (unpaired) electrons. The number of piperidine rings is 1. The van der Waals surface area contributed by atoms with Gasteiger partial charge in [0.1, 0.15) is 0 Å². The summed E-state index contributed by atoms with van der Waals surface area (Å²) < 4.78 is 0. The first kappa shape index (κ1) is 19.1. The Morgan fingerprint density at radius 2 is 1.93 bits per heavy atom. The van der Waals surface area contributed by atoms with E-state index in [2.05, 4.69) is 52.5 Å². The van der Waals surface area contributed by atoms with Gasteiger partial charge in [0.15, 0.2) is 0 Å². The number of pyridine rings is 1. The van der Waals surface area contributed by atoms with Crippen LogP contribution in [-0.2, 0) is 19.4 Å². The van der Waals surface area contributed by atoms with Gasteiger partial charge in [0.05, 0.1) is 11.7 Å². The van der Waals surface area contributed by atoms with Gasteiger partial charge < -0.3 is 10.2 Å². The van der Waals surface area contributed by atoms with E-state index in [1.807, 2.05) is 6.20 Å². The maximum absolute atomic E-state index is 4.76. The lowest BCUT2D eigenvalue weighted by molar-refractivity contribution is 0.191. The Bertz CT molecular complexity index is 842. The third kappa shape index (κ3) is 3.93. The molecule has 3 heterocycles. The third-order valence-electron chi connectivity index (χ3n) is 7.18. The molecule has 0 bridgehead atoms. The number of likely N-dealkylation sites (N-methyl/N-ethyl adjacent to an activating group) is 1. The smallest absolute Gasteiger partial charge is 0.0607 e. The maximum atomic E-state index is 4.76. The summed E-state index contributed by atoms with van der Waals surface area (Å²) in [6, 6.07) is 12.2. The Balaban J connectivity index is 1.31. The molecular weight excluding hydrogens is 356 g/mol. The molecule has 5 rings (SSSR count). The Kier molecular flexibility index (Phi) is 5.56. The minimum atomic E-state index is 0.459. The average Bonchev–Trinajstić information content (AvgIpc) is 2.79. The number of hydrogen-bond donors (Lipinski definition) is 1. The zero-order chi connectivity index (χ0) is 19.6. The largest absolute Gasteiger partial charge is 0.371 e. The molecule has 3 aliphatic rings. The van der Waals surface area contributed by atoms with Crippen LogP contribution in [0.15, 0.2) is 36.5 Å². The van der Waals surface area contributed by atoms with E-state index in [-0.39, 0.29) is 0 Å². The van der Waals surface area contributed by atoms with Gasteiger partial charge in [-0.05, 0) is 80.8 Å². The van der Waals surface area contributed by atoms with Crippen LogP contribution in [0.4, 0.5) is 5.69 Å². The monoisotopic (exact) mass is 390 g/mol. The van der Waals surface area contributed by atoms with Gasteiger partial charge in [0.2, 0.25) is 0 Å². The fourth-order valence-electron chi connectivity index (χ4n) is 5.64. The zero-order valence-corrected chi connectivity index (χ0v) is 17.7. The predicted molar refractivity (Wildman–Crippen MR) is 119 cm³/mol. The summed E-state index contributed by atoms with van der Waals surface area (Å²) in [6.45, 7) is 4.52. The van der Waals surface area contributed by atoms with Crippen molar-refractivity contribution in [2.75, 3.05) is 31.6 Å². The Hall–Kier alpha value is -1.91. The van der Waals surface area contributed by atoms with Crippen molar-refractivity contribution >= 4 is 5.69 Å². The third-order valence-corrected chi connectivity index (χ3v) is 7.18. The number of nitrogens with zero attached hydrogens (tertiary/aromatic N) is 3. The van der Waals surface area contributed by atoms with Crippen LogP contribution >= 0.6 is 0 Å². The summed E-state index contributed by atoms with van der Waals surface area (Å²) in [6.07, 6.45) is 10.8. The number of aryl methyl sites for hydroxylation is 1. The van der Waals surface area contributed by atoms with Crippen LogP contribution in [0.1, 0.15) is 60.5 Å². The first-order valence-electron chi connectivity index (χ1n) is 11.5. The van der Waals surface area contributed by atoms with E-state index in [1.54, 1.807) is 5.56 Å². The molecule has 1 N–H and O–H groups in total. The van der Waals surface area contributed by atoms with Gasteiger partial charge in [0.25, 0.3) is 0 Å². The molecule has 29 heavy (non-hydrogen) atoms. The van der Waals surface area contributed by atoms with Crippen molar-refractivity contribution in [1.82, 2.24) is 15.2 Å². The lowest BCUT2D eigenvalue weighted by Crippen LogP contribution is -2.45. The van der Waals surface area contributed by atoms with E-state index in [1.165, 1.54) is 74.1 Å². The highest BCUT2D eigenvalue weighted by molar-refractivity contribution is 5.58. The van der Waals surface area contributed by atoms with Crippen LogP contribution in [0.2, 0.25) is 0 Å². The highest BCUT2D eigenvalue weighted by Gasteiger charge is 2.29. The van der Waals surface area contributed by atoms with Gasteiger partial charge in [-0.25, -0.2) is 0 Å². The number of rotatable bonds is 4. The zero-order valence-electron chi connectivity index (χ0n) is 17.7. The molecule has 1 fully saturated rings. The normalized spacial score (nSPS) is 24.3. The standard InChI is InChI=1S/C25H34N4/c1-28(24-12-5-8-19-10-7-13-26-25(19)24)18-21-16-22-20(17-27-21)9-6-11-23(22)29-14-3-2-4-15-29/h6-7,9-11,13,21,24,27H,2-5,8,12,14-18H2,1H3/t21-,24+/m1/s1. The van der Waals surface area contributed by atoms with Crippen LogP contribution in [0, 0.1) is 0 Å². The number of benzene rings is 1. The number of nitrogens with one attached hydrogen (secondary N) is 1. The van der Waals surface area contributed by atoms with Gasteiger partial charge in [-0.1, -0.05) is 18.2 Å². The Labute approximate surface area is 175 Å². The fourth-order valence-corrected chi connectivity index (χ4v) is 5.64. The minimum absolute atomic E-state index is 0.459. The van der Waals surface area contributed by atoms with E-state index in [0.717, 1.165) is 19.5 Å². The molecule has 1 aromatic carbocycles. The van der Waals surface area contributed by atoms with Gasteiger partial charge >= 0.3 is 0 Å². The molecule has 1 saturated heterocycles. The summed E-state index contributed by atoms with van der Waals surface area (Å²) in [4.78, 5) is 9.94. The highest BCUT2D eigenvalue weighted by atomic mass is 15.2. The van der Waals surface area contributed by atoms with E-state index in [4.69, 9.17) is 4.98 Å². The lowest BCUT2D eigenvalue weighted by Gasteiger charge is -2.38. The Morgan fingerprint density at radius 3 is 2.83 bits per heavy atom. The fraction of sp³-hybridized carbons (Fsp3) is 0.560. The molecule has 0 saturated carbocycles. The van der Waals surface area contributed by atoms with Crippen molar-refractivity contribution in [3.8, 4) is 0 Å². The second-order valence-electron chi connectivity index (χ2n) is 9.14. The van der Waals surface area contributed by atoms with Crippen LogP contribution in [0.25, 0.3) is 0 Å². The van der Waals surface area contributed by atoms with Crippen molar-refractivity contribution in [2.24, 2.45) is 0 Å². The van der Waals surface area contributed by atoms with Crippen molar-refractivity contribution in [1.29, 1.82) is 0 Å². The molecule has 4 nitrogen and oxygen atoms in total. The Morgan fingerprint density at radius 1 is 1.07 bits per heavy atom. The van der Waals surface area contributed by atoms with Gasteiger partial charge in [-0.3, -0.25) is 9.88 Å². The van der Waals surface area contributed by atoms with Crippen molar-refractivity contribution in [3.05, 3.63) is 58.9 Å². The second-order valence-corrected chi connectivity index (χ2v) is 9.14. The lowest BCUT2D eigenvalue weighted by atomic mass is 9.89. The number of anilines is 1. The molecule has 2 aliphatic heterocycles. The summed E-state index contributed by atoms with van der Waals surface area (Å²) in [5.74, 6) is 0. The molecule has 4 heteroatoms.